The van der Waals surface area contributed by atoms with Crippen molar-refractivity contribution in [3.8, 4) is 11.8 Å². The Kier molecular flexibility index (Phi) is 9.20. The van der Waals surface area contributed by atoms with Gasteiger partial charge in [0.2, 0.25) is 0 Å². The quantitative estimate of drug-likeness (QED) is 0.224. The van der Waals surface area contributed by atoms with Crippen molar-refractivity contribution in [3.05, 3.63) is 125 Å². The van der Waals surface area contributed by atoms with Gasteiger partial charge in [-0.2, -0.15) is 10.4 Å². The minimum Gasteiger partial charge on any atom is -0.451 e. The lowest BCUT2D eigenvalue weighted by Crippen LogP contribution is -2.48. The standard InChI is InChI=1S/C38H36N8O3/c1-40-32-7-9-34(10-8-32)46-26-29(23-41-46)25-44-16-18-45(19-17-44)38(48)30-6-11-35-31(20-30)21-36(49-35)37(47)42-33-12-14-43(15-13-33)24-28-4-2-27(22-39)3-5-28/h2-11,20-21,23,26,33H,12-19,24-25H2,(H,42,47). The second-order valence-electron chi connectivity index (χ2n) is 12.7. The molecule has 0 atom stereocenters. The molecule has 49 heavy (non-hydrogen) atoms. The maximum atomic E-state index is 13.4. The predicted octanol–water partition coefficient (Wildman–Crippen LogP) is 5.39. The van der Waals surface area contributed by atoms with Crippen LogP contribution >= 0.6 is 0 Å². The van der Waals surface area contributed by atoms with Gasteiger partial charge in [-0.05, 0) is 66.9 Å². The van der Waals surface area contributed by atoms with Gasteiger partial charge in [-0.3, -0.25) is 19.4 Å². The number of piperidine rings is 1. The molecule has 1 N–H and O–H groups in total. The van der Waals surface area contributed by atoms with Crippen LogP contribution in [-0.2, 0) is 13.1 Å². The summed E-state index contributed by atoms with van der Waals surface area (Å²) >= 11 is 0. The number of carbonyl (C=O) groups is 2. The Hall–Kier alpha value is -5.75. The van der Waals surface area contributed by atoms with Gasteiger partial charge in [0.15, 0.2) is 11.4 Å². The fraction of sp³-hybridized carbons (Fsp3) is 0.289. The monoisotopic (exact) mass is 652 g/mol. The molecular formula is C38H36N8O3. The largest absolute Gasteiger partial charge is 0.451 e. The van der Waals surface area contributed by atoms with E-state index in [-0.39, 0.29) is 23.6 Å². The molecule has 4 heterocycles. The third-order valence-corrected chi connectivity index (χ3v) is 9.34. The number of hydrogen-bond donors (Lipinski definition) is 1. The van der Waals surface area contributed by atoms with E-state index in [0.29, 0.717) is 35.5 Å². The van der Waals surface area contributed by atoms with Crippen LogP contribution in [-0.4, -0.2) is 81.6 Å². The molecular weight excluding hydrogens is 616 g/mol. The highest BCUT2D eigenvalue weighted by Gasteiger charge is 2.25. The van der Waals surface area contributed by atoms with Crippen molar-refractivity contribution in [3.63, 3.8) is 0 Å². The van der Waals surface area contributed by atoms with Crippen LogP contribution in [0, 0.1) is 17.9 Å². The van der Waals surface area contributed by atoms with Gasteiger partial charge >= 0.3 is 0 Å². The van der Waals surface area contributed by atoms with Gasteiger partial charge in [0.05, 0.1) is 30.1 Å². The van der Waals surface area contributed by atoms with Crippen molar-refractivity contribution in [1.29, 1.82) is 5.26 Å². The first kappa shape index (κ1) is 31.8. The van der Waals surface area contributed by atoms with Crippen LogP contribution in [0.4, 0.5) is 5.69 Å². The number of nitriles is 1. The summed E-state index contributed by atoms with van der Waals surface area (Å²) in [6.45, 7) is 13.2. The molecule has 0 unspecified atom stereocenters. The molecule has 0 radical (unpaired) electrons. The Bertz CT molecular complexity index is 2040. The molecule has 246 valence electrons. The van der Waals surface area contributed by atoms with E-state index in [9.17, 15) is 9.59 Å². The molecule has 0 saturated carbocycles. The molecule has 2 saturated heterocycles. The zero-order valence-electron chi connectivity index (χ0n) is 27.1. The van der Waals surface area contributed by atoms with E-state index in [2.05, 4.69) is 31.1 Å². The van der Waals surface area contributed by atoms with Crippen molar-refractivity contribution in [2.45, 2.75) is 32.0 Å². The molecule has 2 aliphatic heterocycles. The number of rotatable bonds is 8. The Morgan fingerprint density at radius 1 is 0.898 bits per heavy atom. The number of furan rings is 1. The molecule has 7 rings (SSSR count). The maximum absolute atomic E-state index is 13.4. The summed E-state index contributed by atoms with van der Waals surface area (Å²) in [6.07, 6.45) is 5.55. The first-order valence-corrected chi connectivity index (χ1v) is 16.5. The second-order valence-corrected chi connectivity index (χ2v) is 12.7. The molecule has 2 aromatic heterocycles. The van der Waals surface area contributed by atoms with Crippen molar-refractivity contribution < 1.29 is 14.0 Å². The highest BCUT2D eigenvalue weighted by Crippen LogP contribution is 2.24. The summed E-state index contributed by atoms with van der Waals surface area (Å²) in [4.78, 5) is 36.5. The number of likely N-dealkylation sites (tertiary alicyclic amines) is 1. The average Bonchev–Trinajstić information content (AvgIpc) is 3.80. The number of nitrogens with one attached hydrogen (secondary N) is 1. The molecule has 2 aliphatic rings. The Labute approximate surface area is 284 Å². The van der Waals surface area contributed by atoms with E-state index in [1.54, 1.807) is 30.3 Å². The van der Waals surface area contributed by atoms with Crippen molar-refractivity contribution in [1.82, 2.24) is 29.8 Å². The smallest absolute Gasteiger partial charge is 0.287 e. The van der Waals surface area contributed by atoms with Crippen LogP contribution in [0.2, 0.25) is 0 Å². The van der Waals surface area contributed by atoms with E-state index in [1.807, 2.05) is 64.4 Å². The summed E-state index contributed by atoms with van der Waals surface area (Å²) in [7, 11) is 0. The number of hydrogen-bond acceptors (Lipinski definition) is 7. The van der Waals surface area contributed by atoms with E-state index < -0.39 is 0 Å². The summed E-state index contributed by atoms with van der Waals surface area (Å²) < 4.78 is 7.70. The number of amides is 2. The summed E-state index contributed by atoms with van der Waals surface area (Å²) in [5.74, 6) is -0.0246. The lowest BCUT2D eigenvalue weighted by molar-refractivity contribution is 0.0628. The molecule has 5 aromatic rings. The Balaban J connectivity index is 0.888. The normalized spacial score (nSPS) is 15.9. The maximum Gasteiger partial charge on any atom is 0.287 e. The minimum atomic E-state index is -0.241. The van der Waals surface area contributed by atoms with E-state index >= 15 is 0 Å². The fourth-order valence-electron chi connectivity index (χ4n) is 6.54. The number of carbonyl (C=O) groups excluding carboxylic acids is 2. The van der Waals surface area contributed by atoms with Crippen LogP contribution in [0.25, 0.3) is 21.5 Å². The number of fused-ring (bicyclic) bond motifs is 1. The van der Waals surface area contributed by atoms with Crippen LogP contribution < -0.4 is 5.32 Å². The van der Waals surface area contributed by atoms with Crippen molar-refractivity contribution in [2.75, 3.05) is 39.3 Å². The number of nitrogens with zero attached hydrogens (tertiary/aromatic N) is 7. The van der Waals surface area contributed by atoms with E-state index in [4.69, 9.17) is 16.3 Å². The zero-order valence-corrected chi connectivity index (χ0v) is 27.1. The van der Waals surface area contributed by atoms with Gasteiger partial charge in [-0.25, -0.2) is 9.53 Å². The molecule has 11 heteroatoms. The third kappa shape index (κ3) is 7.39. The van der Waals surface area contributed by atoms with Crippen LogP contribution in [0.1, 0.15) is 50.4 Å². The highest BCUT2D eigenvalue weighted by atomic mass is 16.3. The summed E-state index contributed by atoms with van der Waals surface area (Å²) in [5.41, 5.74) is 5.58. The highest BCUT2D eigenvalue weighted by molar-refractivity contribution is 6.00. The molecule has 2 amide bonds. The van der Waals surface area contributed by atoms with E-state index in [0.717, 1.165) is 68.7 Å². The molecule has 0 spiro atoms. The van der Waals surface area contributed by atoms with Crippen molar-refractivity contribution in [2.24, 2.45) is 0 Å². The SMILES string of the molecule is [C-]#[N+]c1ccc(-n2cc(CN3CCN(C(=O)c4ccc5oc(C(=O)NC6CCN(Cc7ccc(C#N)cc7)CC6)cc5c4)CC3)cn2)cc1. The predicted molar refractivity (Wildman–Crippen MR) is 184 cm³/mol. The number of piperazine rings is 1. The molecule has 3 aromatic carbocycles. The second kappa shape index (κ2) is 14.2. The van der Waals surface area contributed by atoms with Crippen molar-refractivity contribution >= 4 is 28.5 Å². The lowest BCUT2D eigenvalue weighted by Gasteiger charge is -2.34. The summed E-state index contributed by atoms with van der Waals surface area (Å²) in [6, 6.07) is 24.3. The zero-order chi connectivity index (χ0) is 33.7. The van der Waals surface area contributed by atoms with Gasteiger partial charge in [0.1, 0.15) is 5.58 Å². The third-order valence-electron chi connectivity index (χ3n) is 9.34. The fourth-order valence-corrected chi connectivity index (χ4v) is 6.54. The molecule has 0 aliphatic carbocycles. The van der Waals surface area contributed by atoms with Gasteiger partial charge in [-0.15, -0.1) is 0 Å². The first-order valence-electron chi connectivity index (χ1n) is 16.5. The Morgan fingerprint density at radius 2 is 1.61 bits per heavy atom. The average molecular weight is 653 g/mol. The topological polar surface area (TPSA) is 115 Å². The van der Waals surface area contributed by atoms with Gasteiger partial charge in [0.25, 0.3) is 11.8 Å². The Morgan fingerprint density at radius 3 is 2.33 bits per heavy atom. The van der Waals surface area contributed by atoms with E-state index in [1.165, 1.54) is 5.56 Å². The number of benzene rings is 3. The van der Waals surface area contributed by atoms with Gasteiger partial charge in [0, 0.05) is 81.1 Å². The number of aromatic nitrogens is 2. The molecule has 2 fully saturated rings. The molecule has 0 bridgehead atoms. The van der Waals surface area contributed by atoms with Crippen LogP contribution in [0.5, 0.6) is 0 Å². The molecule has 11 nitrogen and oxygen atoms in total. The van der Waals surface area contributed by atoms with Crippen LogP contribution in [0.3, 0.4) is 0 Å². The first-order chi connectivity index (χ1) is 23.9. The summed E-state index contributed by atoms with van der Waals surface area (Å²) in [5, 5.41) is 17.4. The van der Waals surface area contributed by atoms with Gasteiger partial charge in [-0.1, -0.05) is 24.3 Å². The van der Waals surface area contributed by atoms with Gasteiger partial charge < -0.3 is 14.6 Å². The lowest BCUT2D eigenvalue weighted by atomic mass is 10.0. The minimum absolute atomic E-state index is 0.0304. The van der Waals surface area contributed by atoms with Crippen LogP contribution in [0.15, 0.2) is 89.6 Å².